The van der Waals surface area contributed by atoms with Crippen molar-refractivity contribution in [1.29, 1.82) is 0 Å². The molecule has 0 unspecified atom stereocenters. The van der Waals surface area contributed by atoms with Crippen LogP contribution < -0.4 is 11.1 Å². The number of hydrogen-bond acceptors (Lipinski definition) is 3. The van der Waals surface area contributed by atoms with Gasteiger partial charge in [-0.25, -0.2) is 13.5 Å². The van der Waals surface area contributed by atoms with E-state index in [1.54, 1.807) is 41.9 Å². The minimum absolute atomic E-state index is 0.0984. The summed E-state index contributed by atoms with van der Waals surface area (Å²) < 4.78 is 17.9. The first kappa shape index (κ1) is 14.4. The maximum Gasteiger partial charge on any atom is 0.333 e. The van der Waals surface area contributed by atoms with Crippen LogP contribution in [0.15, 0.2) is 58.1 Å². The number of rotatable bonds is 2. The first-order valence-corrected chi connectivity index (χ1v) is 7.38. The summed E-state index contributed by atoms with van der Waals surface area (Å²) in [5.74, 6) is -0.111. The van der Waals surface area contributed by atoms with E-state index < -0.39 is 16.9 Å². The van der Waals surface area contributed by atoms with Gasteiger partial charge in [-0.2, -0.15) is 0 Å². The molecular weight excluding hydrogens is 311 g/mol. The van der Waals surface area contributed by atoms with Crippen LogP contribution in [0.2, 0.25) is 0 Å². The van der Waals surface area contributed by atoms with Gasteiger partial charge in [0.05, 0.1) is 17.6 Å². The van der Waals surface area contributed by atoms with Gasteiger partial charge >= 0.3 is 11.1 Å². The number of halogens is 1. The standard InChI is InChI=1S/C17H13FN4O2/c1-20-13-8-4-5-9-14(13)22-16(24)15(23)21(19-17(20)22)10-11-6-2-3-7-12(11)18/h2-9H,10H2,1H3. The fourth-order valence-electron chi connectivity index (χ4n) is 2.87. The molecule has 7 heteroatoms. The average Bonchev–Trinajstić information content (AvgIpc) is 2.87. The van der Waals surface area contributed by atoms with Crippen LogP contribution in [0.25, 0.3) is 16.8 Å². The smallest absolute Gasteiger partial charge is 0.311 e. The summed E-state index contributed by atoms with van der Waals surface area (Å²) in [5, 5.41) is 4.27. The van der Waals surface area contributed by atoms with Crippen molar-refractivity contribution in [3.8, 4) is 0 Å². The number of aromatic nitrogens is 4. The van der Waals surface area contributed by atoms with Crippen LogP contribution in [0.1, 0.15) is 5.56 Å². The number of nitrogens with zero attached hydrogens (tertiary/aromatic N) is 4. The third-order valence-electron chi connectivity index (χ3n) is 4.09. The summed E-state index contributed by atoms with van der Waals surface area (Å²) in [6.07, 6.45) is 0. The second-order valence-electron chi connectivity index (χ2n) is 5.54. The van der Waals surface area contributed by atoms with Gasteiger partial charge in [0.15, 0.2) is 0 Å². The number of imidazole rings is 1. The van der Waals surface area contributed by atoms with Gasteiger partial charge in [-0.3, -0.25) is 9.59 Å². The Morgan fingerprint density at radius 2 is 1.62 bits per heavy atom. The van der Waals surface area contributed by atoms with Crippen molar-refractivity contribution < 1.29 is 4.39 Å². The van der Waals surface area contributed by atoms with E-state index in [4.69, 9.17) is 0 Å². The number of fused-ring (bicyclic) bond motifs is 3. The van der Waals surface area contributed by atoms with Crippen molar-refractivity contribution >= 4 is 16.8 Å². The Labute approximate surface area is 135 Å². The number of hydrogen-bond donors (Lipinski definition) is 0. The molecule has 2 aromatic carbocycles. The van der Waals surface area contributed by atoms with E-state index in [1.165, 1.54) is 10.5 Å². The molecule has 0 aliphatic rings. The van der Waals surface area contributed by atoms with Crippen LogP contribution in [-0.2, 0) is 13.6 Å². The largest absolute Gasteiger partial charge is 0.333 e. The number of para-hydroxylation sites is 2. The third-order valence-corrected chi connectivity index (χ3v) is 4.09. The van der Waals surface area contributed by atoms with Gasteiger partial charge in [0.25, 0.3) is 0 Å². The molecule has 120 valence electrons. The highest BCUT2D eigenvalue weighted by atomic mass is 19.1. The zero-order valence-corrected chi connectivity index (χ0v) is 12.8. The minimum Gasteiger partial charge on any atom is -0.311 e. The molecule has 0 aliphatic carbocycles. The molecular formula is C17H13FN4O2. The van der Waals surface area contributed by atoms with Crippen molar-refractivity contribution in [1.82, 2.24) is 18.7 Å². The molecule has 2 aromatic heterocycles. The molecule has 0 fully saturated rings. The predicted octanol–water partition coefficient (Wildman–Crippen LogP) is 1.54. The van der Waals surface area contributed by atoms with Crippen LogP contribution in [0.4, 0.5) is 4.39 Å². The van der Waals surface area contributed by atoms with Gasteiger partial charge in [-0.15, -0.1) is 5.10 Å². The van der Waals surface area contributed by atoms with E-state index in [2.05, 4.69) is 5.10 Å². The second-order valence-corrected chi connectivity index (χ2v) is 5.54. The summed E-state index contributed by atoms with van der Waals surface area (Å²) in [6.45, 7) is -0.0984. The Kier molecular flexibility index (Phi) is 3.09. The fraction of sp³-hybridized carbons (Fsp3) is 0.118. The van der Waals surface area contributed by atoms with E-state index >= 15 is 0 Å². The zero-order chi connectivity index (χ0) is 16.8. The highest BCUT2D eigenvalue weighted by molar-refractivity contribution is 5.80. The Morgan fingerprint density at radius 3 is 2.38 bits per heavy atom. The third kappa shape index (κ3) is 1.98. The summed E-state index contributed by atoms with van der Waals surface area (Å²) in [5.41, 5.74) is 0.211. The molecule has 0 bridgehead atoms. The van der Waals surface area contributed by atoms with Crippen molar-refractivity contribution in [3.63, 3.8) is 0 Å². The number of aryl methyl sites for hydroxylation is 1. The van der Waals surface area contributed by atoms with Crippen molar-refractivity contribution in [2.75, 3.05) is 0 Å². The van der Waals surface area contributed by atoms with Crippen LogP contribution in [0.5, 0.6) is 0 Å². The lowest BCUT2D eigenvalue weighted by Crippen LogP contribution is -2.40. The normalized spacial score (nSPS) is 11.4. The molecule has 0 saturated heterocycles. The van der Waals surface area contributed by atoms with E-state index in [9.17, 15) is 14.0 Å². The van der Waals surface area contributed by atoms with Gasteiger partial charge in [-0.1, -0.05) is 30.3 Å². The van der Waals surface area contributed by atoms with E-state index in [-0.39, 0.29) is 6.54 Å². The Morgan fingerprint density at radius 1 is 0.958 bits per heavy atom. The monoisotopic (exact) mass is 324 g/mol. The lowest BCUT2D eigenvalue weighted by atomic mass is 10.2. The van der Waals surface area contributed by atoms with Crippen LogP contribution >= 0.6 is 0 Å². The molecule has 2 heterocycles. The maximum absolute atomic E-state index is 13.8. The first-order chi connectivity index (χ1) is 11.6. The van der Waals surface area contributed by atoms with E-state index in [0.29, 0.717) is 16.9 Å². The highest BCUT2D eigenvalue weighted by Crippen LogP contribution is 2.15. The molecule has 0 saturated carbocycles. The van der Waals surface area contributed by atoms with Gasteiger partial charge in [-0.05, 0) is 18.2 Å². The Balaban J connectivity index is 2.02. The van der Waals surface area contributed by atoms with Gasteiger partial charge in [0.1, 0.15) is 5.82 Å². The quantitative estimate of drug-likeness (QED) is 0.526. The molecule has 4 rings (SSSR count). The zero-order valence-electron chi connectivity index (χ0n) is 12.8. The van der Waals surface area contributed by atoms with Crippen LogP contribution in [0, 0.1) is 5.82 Å². The average molecular weight is 324 g/mol. The molecule has 0 amide bonds. The molecule has 0 aliphatic heterocycles. The topological polar surface area (TPSA) is 61.3 Å². The molecule has 4 aromatic rings. The SMILES string of the molecule is Cn1c2ccccc2n2c(=O)c(=O)n(Cc3ccccc3F)nc12. The highest BCUT2D eigenvalue weighted by Gasteiger charge is 2.16. The molecule has 0 atom stereocenters. The first-order valence-electron chi connectivity index (χ1n) is 7.38. The van der Waals surface area contributed by atoms with Crippen molar-refractivity contribution in [2.24, 2.45) is 7.05 Å². The fourth-order valence-corrected chi connectivity index (χ4v) is 2.87. The van der Waals surface area contributed by atoms with E-state index in [0.717, 1.165) is 10.2 Å². The van der Waals surface area contributed by atoms with E-state index in [1.807, 2.05) is 12.1 Å². The summed E-state index contributed by atoms with van der Waals surface area (Å²) in [7, 11) is 1.77. The Hall–Kier alpha value is -3.22. The lowest BCUT2D eigenvalue weighted by Gasteiger charge is -2.06. The number of benzene rings is 2. The van der Waals surface area contributed by atoms with Gasteiger partial charge in [0.2, 0.25) is 5.78 Å². The Bertz CT molecular complexity index is 1200. The van der Waals surface area contributed by atoms with Gasteiger partial charge < -0.3 is 4.57 Å². The van der Waals surface area contributed by atoms with Gasteiger partial charge in [0, 0.05) is 12.6 Å². The summed E-state index contributed by atoms with van der Waals surface area (Å²) in [4.78, 5) is 24.9. The second kappa shape index (κ2) is 5.16. The maximum atomic E-state index is 13.8. The summed E-state index contributed by atoms with van der Waals surface area (Å²) >= 11 is 0. The lowest BCUT2D eigenvalue weighted by molar-refractivity contribution is 0.566. The molecule has 6 nitrogen and oxygen atoms in total. The molecule has 24 heavy (non-hydrogen) atoms. The molecule has 0 N–H and O–H groups in total. The predicted molar refractivity (Wildman–Crippen MR) is 87.7 cm³/mol. The summed E-state index contributed by atoms with van der Waals surface area (Å²) in [6, 6.07) is 13.3. The van der Waals surface area contributed by atoms with Crippen molar-refractivity contribution in [2.45, 2.75) is 6.54 Å². The molecule has 0 spiro atoms. The van der Waals surface area contributed by atoms with Crippen LogP contribution in [0.3, 0.4) is 0 Å². The molecule has 0 radical (unpaired) electrons. The van der Waals surface area contributed by atoms with Crippen molar-refractivity contribution in [3.05, 3.63) is 80.6 Å². The minimum atomic E-state index is -0.785. The van der Waals surface area contributed by atoms with Crippen LogP contribution in [-0.4, -0.2) is 18.7 Å².